The Balaban J connectivity index is 2.27. The number of fused-ring (bicyclic) bond motifs is 1. The first-order valence-corrected chi connectivity index (χ1v) is 6.47. The minimum atomic E-state index is -0.441. The summed E-state index contributed by atoms with van der Waals surface area (Å²) in [5.41, 5.74) is 1.40. The molecule has 6 heteroatoms. The monoisotopic (exact) mass is 285 g/mol. The van der Waals surface area contributed by atoms with Gasteiger partial charge in [-0.1, -0.05) is 26.0 Å². The maximum absolute atomic E-state index is 11.4. The zero-order chi connectivity index (χ0) is 15.4. The summed E-state index contributed by atoms with van der Waals surface area (Å²) in [7, 11) is 0. The van der Waals surface area contributed by atoms with E-state index in [2.05, 4.69) is 9.97 Å². The molecule has 2 aromatic rings. The van der Waals surface area contributed by atoms with E-state index in [9.17, 15) is 15.2 Å². The highest BCUT2D eigenvalue weighted by atomic mass is 16.5. The highest BCUT2D eigenvalue weighted by molar-refractivity contribution is 5.83. The van der Waals surface area contributed by atoms with Crippen LogP contribution >= 0.6 is 0 Å². The maximum Gasteiger partial charge on any atom is 0.308 e. The van der Waals surface area contributed by atoms with Crippen molar-refractivity contribution in [2.75, 3.05) is 6.61 Å². The lowest BCUT2D eigenvalue weighted by Gasteiger charge is -2.07. The van der Waals surface area contributed by atoms with Crippen LogP contribution in [0.25, 0.3) is 16.6 Å². The van der Waals surface area contributed by atoms with Gasteiger partial charge in [0.2, 0.25) is 0 Å². The van der Waals surface area contributed by atoms with E-state index in [4.69, 9.17) is 4.74 Å². The molecule has 2 N–H and O–H groups in total. The number of nitrogens with zero attached hydrogens (tertiary/aromatic N) is 2. The molecule has 0 saturated carbocycles. The Bertz CT molecular complexity index is 705. The maximum atomic E-state index is 11.4. The number of aliphatic hydroxyl groups excluding tert-OH is 1. The Kier molecular flexibility index (Phi) is 4.24. The molecule has 21 heavy (non-hydrogen) atoms. The highest BCUT2D eigenvalue weighted by Gasteiger charge is 2.15. The van der Waals surface area contributed by atoms with E-state index in [0.717, 1.165) is 5.52 Å². The average Bonchev–Trinajstić information content (AvgIpc) is 2.88. The lowest BCUT2D eigenvalue weighted by Crippen LogP contribution is -2.14. The molecule has 0 amide bonds. The zero-order valence-corrected chi connectivity index (χ0v) is 11.8. The predicted octanol–water partition coefficient (Wildman–Crippen LogP) is 2.55. The van der Waals surface area contributed by atoms with Crippen molar-refractivity contribution in [2.45, 2.75) is 13.8 Å². The van der Waals surface area contributed by atoms with Gasteiger partial charge in [-0.2, -0.15) is 5.26 Å². The Hall–Kier alpha value is -2.81. The third-order valence-electron chi connectivity index (χ3n) is 2.85. The predicted molar refractivity (Wildman–Crippen MR) is 77.1 cm³/mol. The number of hydrogen-bond acceptors (Lipinski definition) is 5. The van der Waals surface area contributed by atoms with Crippen LogP contribution in [0.4, 0.5) is 0 Å². The minimum Gasteiger partial charge on any atom is -0.507 e. The fourth-order valence-corrected chi connectivity index (χ4v) is 1.70. The Morgan fingerprint density at radius 2 is 2.19 bits per heavy atom. The number of carbonyl (C=O) groups is 1. The van der Waals surface area contributed by atoms with E-state index >= 15 is 0 Å². The second-order valence-electron chi connectivity index (χ2n) is 4.80. The molecule has 0 unspecified atom stereocenters. The Morgan fingerprint density at radius 3 is 2.81 bits per heavy atom. The molecule has 1 aromatic carbocycles. The van der Waals surface area contributed by atoms with Gasteiger partial charge in [0.1, 0.15) is 18.2 Å². The topological polar surface area (TPSA) is 99.0 Å². The number of para-hydroxylation sites is 2. The van der Waals surface area contributed by atoms with Gasteiger partial charge in [-0.25, -0.2) is 4.98 Å². The van der Waals surface area contributed by atoms with Crippen LogP contribution in [0.5, 0.6) is 0 Å². The first-order valence-electron chi connectivity index (χ1n) is 6.47. The fraction of sp³-hybridized carbons (Fsp3) is 0.267. The number of nitrogens with one attached hydrogen (secondary N) is 1. The van der Waals surface area contributed by atoms with Gasteiger partial charge < -0.3 is 14.8 Å². The number of aliphatic hydroxyl groups is 1. The number of esters is 1. The lowest BCUT2D eigenvalue weighted by molar-refractivity contribution is -0.147. The molecule has 6 nitrogen and oxygen atoms in total. The van der Waals surface area contributed by atoms with E-state index in [1.54, 1.807) is 19.9 Å². The summed E-state index contributed by atoms with van der Waals surface area (Å²) in [5.74, 6) is -0.819. The van der Waals surface area contributed by atoms with Crippen LogP contribution in [-0.2, 0) is 9.53 Å². The lowest BCUT2D eigenvalue weighted by atomic mass is 10.2. The number of benzene rings is 1. The van der Waals surface area contributed by atoms with Crippen LogP contribution in [0.1, 0.15) is 19.7 Å². The second-order valence-corrected chi connectivity index (χ2v) is 4.80. The molecule has 0 atom stereocenters. The van der Waals surface area contributed by atoms with Crippen molar-refractivity contribution in [2.24, 2.45) is 5.92 Å². The molecule has 2 rings (SSSR count). The van der Waals surface area contributed by atoms with Crippen molar-refractivity contribution in [3.8, 4) is 6.07 Å². The molecule has 0 aliphatic rings. The summed E-state index contributed by atoms with van der Waals surface area (Å²) in [6.45, 7) is 3.03. The third kappa shape index (κ3) is 3.20. The number of ether oxygens (including phenoxy) is 1. The molecule has 0 spiro atoms. The number of rotatable bonds is 4. The molecule has 0 aliphatic heterocycles. The Labute approximate surface area is 121 Å². The van der Waals surface area contributed by atoms with E-state index in [-0.39, 0.29) is 29.7 Å². The minimum absolute atomic E-state index is 0.0391. The van der Waals surface area contributed by atoms with Crippen molar-refractivity contribution < 1.29 is 14.6 Å². The van der Waals surface area contributed by atoms with Crippen LogP contribution in [0.2, 0.25) is 0 Å². The summed E-state index contributed by atoms with van der Waals surface area (Å²) >= 11 is 0. The van der Waals surface area contributed by atoms with E-state index < -0.39 is 5.97 Å². The van der Waals surface area contributed by atoms with Gasteiger partial charge in [0.25, 0.3) is 0 Å². The molecule has 108 valence electrons. The molecule has 1 heterocycles. The van der Waals surface area contributed by atoms with Crippen LogP contribution in [-0.4, -0.2) is 27.7 Å². The van der Waals surface area contributed by atoms with Crippen molar-refractivity contribution >= 4 is 22.6 Å². The molecular formula is C15H15N3O3. The standard InChI is InChI=1S/C15H15N3O3/c1-9(2)15(20)21-8-13(19)10(7-16)14-17-11-5-3-4-6-12(11)18-14/h3-6,9,19H,8H2,1-2H3,(H,17,18). The van der Waals surface area contributed by atoms with E-state index in [1.807, 2.05) is 24.3 Å². The van der Waals surface area contributed by atoms with Crippen LogP contribution in [0.15, 0.2) is 30.0 Å². The molecule has 0 bridgehead atoms. The smallest absolute Gasteiger partial charge is 0.308 e. The molecule has 1 aromatic heterocycles. The van der Waals surface area contributed by atoms with E-state index in [0.29, 0.717) is 5.52 Å². The molecule has 0 fully saturated rings. The molecule has 0 radical (unpaired) electrons. The first-order chi connectivity index (χ1) is 10.0. The number of imidazole rings is 1. The van der Waals surface area contributed by atoms with E-state index in [1.165, 1.54) is 0 Å². The number of allylic oxidation sites excluding steroid dienone is 1. The molecule has 0 aliphatic carbocycles. The number of H-pyrrole nitrogens is 1. The van der Waals surface area contributed by atoms with Crippen LogP contribution in [0, 0.1) is 17.2 Å². The normalized spacial score (nSPS) is 12.1. The third-order valence-corrected chi connectivity index (χ3v) is 2.85. The first kappa shape index (κ1) is 14.6. The van der Waals surface area contributed by atoms with Gasteiger partial charge in [-0.05, 0) is 12.1 Å². The summed E-state index contributed by atoms with van der Waals surface area (Å²) in [6.07, 6.45) is 0. The number of carbonyl (C=O) groups excluding carboxylic acids is 1. The Morgan fingerprint density at radius 1 is 1.48 bits per heavy atom. The van der Waals surface area contributed by atoms with Crippen molar-refractivity contribution in [3.05, 3.63) is 35.8 Å². The summed E-state index contributed by atoms with van der Waals surface area (Å²) in [5, 5.41) is 19.1. The van der Waals surface area contributed by atoms with Gasteiger partial charge in [-0.15, -0.1) is 0 Å². The number of nitriles is 1. The highest BCUT2D eigenvalue weighted by Crippen LogP contribution is 2.18. The number of aromatic amines is 1. The molecule has 0 saturated heterocycles. The van der Waals surface area contributed by atoms with Gasteiger partial charge in [0.15, 0.2) is 11.6 Å². The fourth-order valence-electron chi connectivity index (χ4n) is 1.70. The number of aromatic nitrogens is 2. The largest absolute Gasteiger partial charge is 0.507 e. The zero-order valence-electron chi connectivity index (χ0n) is 11.8. The summed E-state index contributed by atoms with van der Waals surface area (Å²) in [4.78, 5) is 18.6. The summed E-state index contributed by atoms with van der Waals surface area (Å²) < 4.78 is 4.90. The van der Waals surface area contributed by atoms with Crippen LogP contribution in [0.3, 0.4) is 0 Å². The van der Waals surface area contributed by atoms with Crippen molar-refractivity contribution in [1.29, 1.82) is 5.26 Å². The molecular weight excluding hydrogens is 270 g/mol. The number of hydrogen-bond donors (Lipinski definition) is 2. The van der Waals surface area contributed by atoms with Gasteiger partial charge in [0.05, 0.1) is 17.0 Å². The van der Waals surface area contributed by atoms with Crippen molar-refractivity contribution in [3.63, 3.8) is 0 Å². The van der Waals surface area contributed by atoms with Gasteiger partial charge in [-0.3, -0.25) is 4.79 Å². The summed E-state index contributed by atoms with van der Waals surface area (Å²) in [6, 6.07) is 9.15. The average molecular weight is 285 g/mol. The SMILES string of the molecule is CC(C)C(=O)OCC(O)=C(C#N)c1nc2ccccc2[nH]1. The van der Waals surface area contributed by atoms with Crippen LogP contribution < -0.4 is 0 Å². The van der Waals surface area contributed by atoms with Crippen molar-refractivity contribution in [1.82, 2.24) is 9.97 Å². The quantitative estimate of drug-likeness (QED) is 0.511. The van der Waals surface area contributed by atoms with Gasteiger partial charge in [0, 0.05) is 0 Å². The van der Waals surface area contributed by atoms with Gasteiger partial charge >= 0.3 is 5.97 Å². The second kappa shape index (κ2) is 6.09.